The Balaban J connectivity index is 3.02. The third-order valence-electron chi connectivity index (χ3n) is 2.16. The summed E-state index contributed by atoms with van der Waals surface area (Å²) in [4.78, 5) is 11.3. The maximum Gasteiger partial charge on any atom is 0.337 e. The van der Waals surface area contributed by atoms with Crippen molar-refractivity contribution in [3.63, 3.8) is 0 Å². The Morgan fingerprint density at radius 1 is 1.47 bits per heavy atom. The van der Waals surface area contributed by atoms with Crippen molar-refractivity contribution in [2.45, 2.75) is 6.42 Å². The normalized spacial score (nSPS) is 9.73. The van der Waals surface area contributed by atoms with E-state index in [1.54, 1.807) is 6.07 Å². The van der Waals surface area contributed by atoms with Gasteiger partial charge >= 0.3 is 5.97 Å². The van der Waals surface area contributed by atoms with Crippen LogP contribution < -0.4 is 0 Å². The molecule has 0 aliphatic heterocycles. The number of carbonyl (C=O) groups is 1. The van der Waals surface area contributed by atoms with E-state index in [0.717, 1.165) is 11.1 Å². The van der Waals surface area contributed by atoms with E-state index in [1.807, 2.05) is 18.2 Å². The summed E-state index contributed by atoms with van der Waals surface area (Å²) in [5.41, 5.74) is 1.95. The Labute approximate surface area is 89.0 Å². The van der Waals surface area contributed by atoms with Crippen LogP contribution in [0.3, 0.4) is 0 Å². The number of esters is 1. The molecule has 0 fully saturated rings. The first-order valence-corrected chi connectivity index (χ1v) is 4.67. The SMILES string of the molecule is C=C(C(=O)OC)c1ccccc1CCO. The van der Waals surface area contributed by atoms with Crippen LogP contribution >= 0.6 is 0 Å². The fraction of sp³-hybridized carbons (Fsp3) is 0.250. The van der Waals surface area contributed by atoms with E-state index in [9.17, 15) is 4.79 Å². The van der Waals surface area contributed by atoms with E-state index < -0.39 is 5.97 Å². The van der Waals surface area contributed by atoms with Crippen LogP contribution in [0.5, 0.6) is 0 Å². The number of ether oxygens (including phenoxy) is 1. The van der Waals surface area contributed by atoms with Crippen LogP contribution in [0.4, 0.5) is 0 Å². The van der Waals surface area contributed by atoms with Gasteiger partial charge in [-0.25, -0.2) is 4.79 Å². The molecule has 0 radical (unpaired) electrons. The minimum atomic E-state index is -0.444. The fourth-order valence-corrected chi connectivity index (χ4v) is 1.39. The van der Waals surface area contributed by atoms with Gasteiger partial charge in [-0.3, -0.25) is 0 Å². The van der Waals surface area contributed by atoms with E-state index in [1.165, 1.54) is 7.11 Å². The molecule has 0 unspecified atom stereocenters. The molecule has 0 bridgehead atoms. The Morgan fingerprint density at radius 3 is 2.73 bits per heavy atom. The smallest absolute Gasteiger partial charge is 0.337 e. The number of carbonyl (C=O) groups excluding carboxylic acids is 1. The maximum atomic E-state index is 11.3. The molecular weight excluding hydrogens is 192 g/mol. The van der Waals surface area contributed by atoms with Crippen LogP contribution in [0.2, 0.25) is 0 Å². The van der Waals surface area contributed by atoms with Crippen molar-refractivity contribution < 1.29 is 14.6 Å². The van der Waals surface area contributed by atoms with Gasteiger partial charge in [0, 0.05) is 6.61 Å². The summed E-state index contributed by atoms with van der Waals surface area (Å²) in [5, 5.41) is 8.88. The summed E-state index contributed by atoms with van der Waals surface area (Å²) in [6.45, 7) is 3.73. The third-order valence-corrected chi connectivity index (χ3v) is 2.16. The maximum absolute atomic E-state index is 11.3. The monoisotopic (exact) mass is 206 g/mol. The summed E-state index contributed by atoms with van der Waals surface area (Å²) >= 11 is 0. The van der Waals surface area contributed by atoms with Gasteiger partial charge in [0.25, 0.3) is 0 Å². The fourth-order valence-electron chi connectivity index (χ4n) is 1.39. The lowest BCUT2D eigenvalue weighted by Gasteiger charge is -2.09. The Bertz CT molecular complexity index is 369. The van der Waals surface area contributed by atoms with Crippen LogP contribution in [-0.2, 0) is 16.0 Å². The molecule has 0 aromatic heterocycles. The predicted octanol–water partition coefficient (Wildman–Crippen LogP) is 1.41. The number of aliphatic hydroxyl groups is 1. The van der Waals surface area contributed by atoms with E-state index in [2.05, 4.69) is 11.3 Å². The van der Waals surface area contributed by atoms with Gasteiger partial charge in [-0.1, -0.05) is 30.8 Å². The zero-order chi connectivity index (χ0) is 11.3. The molecule has 0 saturated carbocycles. The zero-order valence-corrected chi connectivity index (χ0v) is 8.69. The first-order valence-electron chi connectivity index (χ1n) is 4.67. The second-order valence-electron chi connectivity index (χ2n) is 3.10. The molecule has 1 aromatic carbocycles. The Hall–Kier alpha value is -1.61. The Kier molecular flexibility index (Phi) is 4.06. The number of hydrogen-bond acceptors (Lipinski definition) is 3. The van der Waals surface area contributed by atoms with Crippen molar-refractivity contribution in [2.75, 3.05) is 13.7 Å². The second kappa shape index (κ2) is 5.32. The van der Waals surface area contributed by atoms with Crippen molar-refractivity contribution >= 4 is 11.5 Å². The standard InChI is InChI=1S/C12H14O3/c1-9(12(14)15-2)11-6-4-3-5-10(11)7-8-13/h3-6,13H,1,7-8H2,2H3. The van der Waals surface area contributed by atoms with Crippen LogP contribution in [0.25, 0.3) is 5.57 Å². The van der Waals surface area contributed by atoms with Gasteiger partial charge in [0.15, 0.2) is 0 Å². The average molecular weight is 206 g/mol. The summed E-state index contributed by atoms with van der Waals surface area (Å²) in [5.74, 6) is -0.444. The first-order chi connectivity index (χ1) is 7.20. The van der Waals surface area contributed by atoms with E-state index >= 15 is 0 Å². The Morgan fingerprint density at radius 2 is 2.13 bits per heavy atom. The highest BCUT2D eigenvalue weighted by Gasteiger charge is 2.12. The molecule has 1 rings (SSSR count). The minimum Gasteiger partial charge on any atom is -0.465 e. The number of hydrogen-bond donors (Lipinski definition) is 1. The summed E-state index contributed by atoms with van der Waals surface area (Å²) in [6, 6.07) is 7.34. The summed E-state index contributed by atoms with van der Waals surface area (Å²) < 4.78 is 4.60. The van der Waals surface area contributed by atoms with Gasteiger partial charge in [-0.15, -0.1) is 0 Å². The second-order valence-corrected chi connectivity index (χ2v) is 3.10. The van der Waals surface area contributed by atoms with Crippen molar-refractivity contribution in [3.05, 3.63) is 42.0 Å². The van der Waals surface area contributed by atoms with E-state index in [4.69, 9.17) is 5.11 Å². The molecule has 0 aliphatic carbocycles. The highest BCUT2D eigenvalue weighted by atomic mass is 16.5. The summed E-state index contributed by atoms with van der Waals surface area (Å²) in [7, 11) is 1.32. The molecule has 0 spiro atoms. The van der Waals surface area contributed by atoms with Gasteiger partial charge in [0.05, 0.1) is 12.7 Å². The molecule has 15 heavy (non-hydrogen) atoms. The number of methoxy groups -OCH3 is 1. The molecule has 0 saturated heterocycles. The van der Waals surface area contributed by atoms with Crippen molar-refractivity contribution in [1.29, 1.82) is 0 Å². The van der Waals surface area contributed by atoms with Gasteiger partial charge < -0.3 is 9.84 Å². The average Bonchev–Trinajstić information content (AvgIpc) is 2.28. The number of benzene rings is 1. The van der Waals surface area contributed by atoms with Gasteiger partial charge in [0.1, 0.15) is 0 Å². The van der Waals surface area contributed by atoms with Crippen molar-refractivity contribution in [2.24, 2.45) is 0 Å². The molecule has 0 atom stereocenters. The third kappa shape index (κ3) is 2.67. The largest absolute Gasteiger partial charge is 0.465 e. The topological polar surface area (TPSA) is 46.5 Å². The summed E-state index contributed by atoms with van der Waals surface area (Å²) in [6.07, 6.45) is 0.506. The lowest BCUT2D eigenvalue weighted by atomic mass is 9.99. The predicted molar refractivity (Wildman–Crippen MR) is 58.3 cm³/mol. The van der Waals surface area contributed by atoms with Gasteiger partial charge in [0.2, 0.25) is 0 Å². The molecule has 80 valence electrons. The molecule has 0 aliphatic rings. The molecule has 3 nitrogen and oxygen atoms in total. The quantitative estimate of drug-likeness (QED) is 0.598. The van der Waals surface area contributed by atoms with Crippen molar-refractivity contribution in [3.8, 4) is 0 Å². The molecular formula is C12H14O3. The first kappa shape index (κ1) is 11.5. The van der Waals surface area contributed by atoms with Crippen LogP contribution in [0, 0.1) is 0 Å². The zero-order valence-electron chi connectivity index (χ0n) is 8.69. The number of rotatable bonds is 4. The highest BCUT2D eigenvalue weighted by molar-refractivity contribution is 6.15. The molecule has 1 N–H and O–H groups in total. The lowest BCUT2D eigenvalue weighted by Crippen LogP contribution is -2.05. The van der Waals surface area contributed by atoms with E-state index in [-0.39, 0.29) is 6.61 Å². The van der Waals surface area contributed by atoms with Gasteiger partial charge in [-0.2, -0.15) is 0 Å². The lowest BCUT2D eigenvalue weighted by molar-refractivity contribution is -0.133. The van der Waals surface area contributed by atoms with Crippen LogP contribution in [0.15, 0.2) is 30.8 Å². The molecule has 1 aromatic rings. The van der Waals surface area contributed by atoms with E-state index in [0.29, 0.717) is 12.0 Å². The van der Waals surface area contributed by atoms with Gasteiger partial charge in [-0.05, 0) is 17.5 Å². The van der Waals surface area contributed by atoms with Crippen LogP contribution in [0.1, 0.15) is 11.1 Å². The molecule has 0 amide bonds. The number of aliphatic hydroxyl groups excluding tert-OH is 1. The van der Waals surface area contributed by atoms with Crippen molar-refractivity contribution in [1.82, 2.24) is 0 Å². The molecule has 0 heterocycles. The minimum absolute atomic E-state index is 0.0471. The van der Waals surface area contributed by atoms with Crippen LogP contribution in [-0.4, -0.2) is 24.8 Å². The molecule has 3 heteroatoms. The highest BCUT2D eigenvalue weighted by Crippen LogP contribution is 2.19.